The number of hydrogen-bond acceptors (Lipinski definition) is 6. The van der Waals surface area contributed by atoms with Crippen molar-refractivity contribution in [2.24, 2.45) is 0 Å². The fraction of sp³-hybridized carbons (Fsp3) is 1.00. The summed E-state index contributed by atoms with van der Waals surface area (Å²) in [7, 11) is 4.47. The molecule has 0 rings (SSSR count). The van der Waals surface area contributed by atoms with Crippen molar-refractivity contribution in [1.82, 2.24) is 29.8 Å². The molecule has 6 nitrogen and oxygen atoms in total. The molecule has 1 N–H and O–H groups in total. The van der Waals surface area contributed by atoms with Gasteiger partial charge in [-0.15, -0.1) is 0 Å². The summed E-state index contributed by atoms with van der Waals surface area (Å²) in [5, 5.41) is 3.40. The Hall–Kier alpha value is -0.240. The Labute approximate surface area is 546 Å². The summed E-state index contributed by atoms with van der Waals surface area (Å²) >= 11 is 0. The molecular formula is C79H178N6. The van der Waals surface area contributed by atoms with Crippen molar-refractivity contribution in [2.75, 3.05) is 92.6 Å². The minimum Gasteiger partial charge on any atom is -0.317 e. The van der Waals surface area contributed by atoms with Crippen LogP contribution in [0.4, 0.5) is 0 Å². The van der Waals surface area contributed by atoms with E-state index in [9.17, 15) is 0 Å². The van der Waals surface area contributed by atoms with Crippen LogP contribution in [0.3, 0.4) is 0 Å². The third-order valence-electron chi connectivity index (χ3n) is 16.8. The highest BCUT2D eigenvalue weighted by atomic mass is 15.2. The lowest BCUT2D eigenvalue weighted by atomic mass is 10.1. The largest absolute Gasteiger partial charge is 0.317 e. The highest BCUT2D eigenvalue weighted by Crippen LogP contribution is 2.15. The van der Waals surface area contributed by atoms with Crippen LogP contribution in [0.2, 0.25) is 0 Å². The molecule has 0 aliphatic heterocycles. The van der Waals surface area contributed by atoms with Crippen LogP contribution in [0.1, 0.15) is 408 Å². The van der Waals surface area contributed by atoms with E-state index in [0.29, 0.717) is 12.1 Å². The molecule has 0 bridgehead atoms. The van der Waals surface area contributed by atoms with Gasteiger partial charge in [-0.05, 0) is 192 Å². The van der Waals surface area contributed by atoms with Crippen molar-refractivity contribution in [2.45, 2.75) is 426 Å². The highest BCUT2D eigenvalue weighted by molar-refractivity contribution is 4.67. The van der Waals surface area contributed by atoms with Crippen molar-refractivity contribution < 1.29 is 0 Å². The zero-order valence-electron chi connectivity index (χ0n) is 64.7. The van der Waals surface area contributed by atoms with E-state index in [-0.39, 0.29) is 0 Å². The van der Waals surface area contributed by atoms with Gasteiger partial charge in [0.1, 0.15) is 0 Å². The molecule has 0 atom stereocenters. The normalized spacial score (nSPS) is 11.1. The van der Waals surface area contributed by atoms with E-state index >= 15 is 0 Å². The first-order valence-electron chi connectivity index (χ1n) is 39.7. The van der Waals surface area contributed by atoms with Crippen LogP contribution in [0.15, 0.2) is 0 Å². The van der Waals surface area contributed by atoms with E-state index in [1.54, 1.807) is 0 Å². The lowest BCUT2D eigenvalue weighted by Crippen LogP contribution is -2.35. The van der Waals surface area contributed by atoms with Gasteiger partial charge >= 0.3 is 0 Å². The number of hydrogen-bond donors (Lipinski definition) is 1. The molecule has 0 amide bonds. The Bertz CT molecular complexity index is 985. The van der Waals surface area contributed by atoms with Gasteiger partial charge in [-0.3, -0.25) is 0 Å². The highest BCUT2D eigenvalue weighted by Gasteiger charge is 2.11. The molecule has 0 spiro atoms. The van der Waals surface area contributed by atoms with E-state index in [0.717, 1.165) is 19.1 Å². The summed E-state index contributed by atoms with van der Waals surface area (Å²) in [6.45, 7) is 59.1. The zero-order valence-corrected chi connectivity index (χ0v) is 64.7. The summed E-state index contributed by atoms with van der Waals surface area (Å²) in [6, 6.07) is 2.06. The number of nitrogens with zero attached hydrogens (tertiary/aromatic N) is 5. The van der Waals surface area contributed by atoms with Crippen molar-refractivity contribution in [3.05, 3.63) is 0 Å². The number of unbranched alkanes of at least 4 members (excludes halogenated alkanes) is 34. The lowest BCUT2D eigenvalue weighted by Gasteiger charge is -2.27. The van der Waals surface area contributed by atoms with E-state index in [1.807, 2.05) is 41.5 Å². The van der Waals surface area contributed by atoms with Gasteiger partial charge in [0, 0.05) is 18.1 Å². The fourth-order valence-corrected chi connectivity index (χ4v) is 10.7. The Kier molecular flexibility index (Phi) is 107. The summed E-state index contributed by atoms with van der Waals surface area (Å²) in [5.74, 6) is 0. The van der Waals surface area contributed by atoms with Crippen LogP contribution in [0.25, 0.3) is 0 Å². The Balaban J connectivity index is -0.000000186. The minimum absolute atomic E-state index is 0.668. The quantitative estimate of drug-likeness (QED) is 0.0610. The second kappa shape index (κ2) is 92.5. The van der Waals surface area contributed by atoms with Crippen LogP contribution in [0, 0.1) is 0 Å². The second-order valence-electron chi connectivity index (χ2n) is 25.7. The van der Waals surface area contributed by atoms with Crippen molar-refractivity contribution >= 4 is 0 Å². The summed E-state index contributed by atoms with van der Waals surface area (Å²) in [6.07, 6.45) is 59.5. The van der Waals surface area contributed by atoms with Gasteiger partial charge in [0.25, 0.3) is 0 Å². The van der Waals surface area contributed by atoms with E-state index in [4.69, 9.17) is 0 Å². The van der Waals surface area contributed by atoms with Crippen molar-refractivity contribution in [3.8, 4) is 0 Å². The van der Waals surface area contributed by atoms with E-state index < -0.39 is 0 Å². The molecular weight excluding hydrogens is 1030 g/mol. The van der Waals surface area contributed by atoms with Crippen LogP contribution < -0.4 is 5.32 Å². The van der Waals surface area contributed by atoms with Crippen LogP contribution in [-0.4, -0.2) is 135 Å². The van der Waals surface area contributed by atoms with Gasteiger partial charge in [-0.25, -0.2) is 0 Å². The lowest BCUT2D eigenvalue weighted by molar-refractivity contribution is 0.205. The molecule has 0 aromatic heterocycles. The predicted octanol–water partition coefficient (Wildman–Crippen LogP) is 25.2. The first-order chi connectivity index (χ1) is 41.4. The summed E-state index contributed by atoms with van der Waals surface area (Å²) in [4.78, 5) is 12.9. The number of nitrogens with one attached hydrogen (secondary N) is 1. The topological polar surface area (TPSA) is 28.2 Å². The van der Waals surface area contributed by atoms with Gasteiger partial charge in [0.2, 0.25) is 0 Å². The van der Waals surface area contributed by atoms with Crippen LogP contribution in [-0.2, 0) is 0 Å². The smallest absolute Gasteiger partial charge is 0.00385 e. The van der Waals surface area contributed by atoms with E-state index in [1.165, 1.54) is 335 Å². The Morgan fingerprint density at radius 1 is 0.247 bits per heavy atom. The first kappa shape index (κ1) is 98.3. The number of rotatable bonds is 59. The first-order valence-corrected chi connectivity index (χ1v) is 39.7. The molecule has 0 saturated heterocycles. The third kappa shape index (κ3) is 92.6. The van der Waals surface area contributed by atoms with Crippen molar-refractivity contribution in [3.63, 3.8) is 0 Å². The van der Waals surface area contributed by atoms with Gasteiger partial charge in [-0.1, -0.05) is 309 Å². The van der Waals surface area contributed by atoms with E-state index in [2.05, 4.69) is 141 Å². The molecule has 0 radical (unpaired) electrons. The third-order valence-corrected chi connectivity index (χ3v) is 16.8. The summed E-state index contributed by atoms with van der Waals surface area (Å²) in [5.41, 5.74) is 0. The van der Waals surface area contributed by atoms with Gasteiger partial charge in [-0.2, -0.15) is 0 Å². The van der Waals surface area contributed by atoms with Gasteiger partial charge in [0.05, 0.1) is 0 Å². The standard InChI is InChI=1S/C22H47N.C19H41N.C16H37N3.C16H35N.3C2H6/c1-4-7-9-11-13-15-17-19-21-23(6-3)22-20-18-16-14-12-10-8-5-2;1-5-7-9-11-13-15-17-20(19(3)4)18-16-14-12-10-8-6-2;1-7-17-11-10-14-19(16(4)5)13-9-8-12-18(6)15(2)3;1-4-6-7-8-9-10-11-12-13-14-16-17(3)15-5-2;3*1-2/h4-22H2,1-3H3;19H,5-18H2,1-4H3;15-17H,7-14H2,1-6H3;4-16H2,1-3H3;3*1-2H3. The summed E-state index contributed by atoms with van der Waals surface area (Å²) < 4.78 is 0. The molecule has 524 valence electrons. The molecule has 0 aromatic carbocycles. The maximum absolute atomic E-state index is 3.40. The van der Waals surface area contributed by atoms with Gasteiger partial charge in [0.15, 0.2) is 0 Å². The predicted molar refractivity (Wildman–Crippen MR) is 401 cm³/mol. The second-order valence-corrected chi connectivity index (χ2v) is 25.7. The molecule has 0 saturated carbocycles. The monoisotopic (exact) mass is 1210 g/mol. The fourth-order valence-electron chi connectivity index (χ4n) is 10.7. The molecule has 0 unspecified atom stereocenters. The molecule has 0 fully saturated rings. The average molecular weight is 1210 g/mol. The minimum atomic E-state index is 0.668. The van der Waals surface area contributed by atoms with Crippen molar-refractivity contribution in [1.29, 1.82) is 0 Å². The molecule has 0 aliphatic rings. The molecule has 85 heavy (non-hydrogen) atoms. The maximum atomic E-state index is 3.40. The molecule has 0 heterocycles. The molecule has 0 aromatic rings. The molecule has 0 aliphatic carbocycles. The maximum Gasteiger partial charge on any atom is 0.00385 e. The average Bonchev–Trinajstić information content (AvgIpc) is 3.51. The zero-order chi connectivity index (χ0) is 65.5. The van der Waals surface area contributed by atoms with Gasteiger partial charge < -0.3 is 29.8 Å². The van der Waals surface area contributed by atoms with Crippen LogP contribution in [0.5, 0.6) is 0 Å². The Morgan fingerprint density at radius 3 is 0.753 bits per heavy atom. The Morgan fingerprint density at radius 2 is 0.494 bits per heavy atom. The SMILES string of the molecule is CC.CC.CC.CCCCCCCCCCCCN(C)CCC.CCCCCCCCCCN(CC)CCCCCCCCCC.CCCCCCCCN(CCCCCCCC)C(C)C.CCNCCCN(CCCCN(C)C(C)C)C(C)C. The molecule has 6 heteroatoms. The van der Waals surface area contributed by atoms with Crippen LogP contribution >= 0.6 is 0 Å².